The van der Waals surface area contributed by atoms with E-state index in [1.54, 1.807) is 24.5 Å². The number of hydrogen-bond donors (Lipinski definition) is 0. The molecule has 5 rings (SSSR count). The third-order valence-corrected chi connectivity index (χ3v) is 8.56. The summed E-state index contributed by atoms with van der Waals surface area (Å²) in [5, 5.41) is 3.13. The van der Waals surface area contributed by atoms with Crippen molar-refractivity contribution in [2.45, 2.75) is 77.7 Å². The third-order valence-electron chi connectivity index (χ3n) is 7.80. The summed E-state index contributed by atoms with van der Waals surface area (Å²) in [5.74, 6) is 1.09. The molecule has 0 spiro atoms. The average Bonchev–Trinajstić information content (AvgIpc) is 3.55. The highest BCUT2D eigenvalue weighted by molar-refractivity contribution is 7.09. The van der Waals surface area contributed by atoms with Gasteiger partial charge in [-0.2, -0.15) is 0 Å². The van der Waals surface area contributed by atoms with Crippen LogP contribution < -0.4 is 4.90 Å². The fraction of sp³-hybridized carbons (Fsp3) is 0.500. The molecule has 8 nitrogen and oxygen atoms in total. The van der Waals surface area contributed by atoms with Gasteiger partial charge in [0, 0.05) is 81.3 Å². The van der Waals surface area contributed by atoms with E-state index in [9.17, 15) is 9.59 Å². The maximum atomic E-state index is 13.7. The monoisotopic (exact) mass is 520 g/mol. The molecule has 2 aliphatic rings. The predicted octanol–water partition coefficient (Wildman–Crippen LogP) is 4.25. The van der Waals surface area contributed by atoms with Gasteiger partial charge < -0.3 is 14.4 Å². The number of carbonyl (C=O) groups excluding carboxylic acids is 2. The van der Waals surface area contributed by atoms with E-state index in [-0.39, 0.29) is 17.9 Å². The highest BCUT2D eigenvalue weighted by atomic mass is 32.1. The molecule has 0 aliphatic carbocycles. The summed E-state index contributed by atoms with van der Waals surface area (Å²) in [7, 11) is 0. The number of nitrogens with zero attached hydrogens (tertiary/aromatic N) is 6. The van der Waals surface area contributed by atoms with Crippen molar-refractivity contribution in [3.63, 3.8) is 0 Å². The highest BCUT2D eigenvalue weighted by Gasteiger charge is 2.35. The van der Waals surface area contributed by atoms with Gasteiger partial charge in [-0.3, -0.25) is 14.5 Å². The van der Waals surface area contributed by atoms with Gasteiger partial charge in [0.25, 0.3) is 0 Å². The van der Waals surface area contributed by atoms with Crippen LogP contribution in [-0.2, 0) is 29.2 Å². The third kappa shape index (κ3) is 5.93. The number of aryl methyl sites for hydroxylation is 2. The molecule has 1 fully saturated rings. The zero-order chi connectivity index (χ0) is 25.8. The van der Waals surface area contributed by atoms with Gasteiger partial charge in [-0.15, -0.1) is 11.3 Å². The summed E-state index contributed by atoms with van der Waals surface area (Å²) in [5.41, 5.74) is 1.94. The van der Waals surface area contributed by atoms with Gasteiger partial charge in [0.1, 0.15) is 10.8 Å². The van der Waals surface area contributed by atoms with Gasteiger partial charge in [-0.25, -0.2) is 9.97 Å². The molecule has 9 heteroatoms. The number of benzene rings is 1. The van der Waals surface area contributed by atoms with Gasteiger partial charge in [0.2, 0.25) is 11.8 Å². The van der Waals surface area contributed by atoms with Crippen LogP contribution in [0.4, 0.5) is 5.69 Å². The van der Waals surface area contributed by atoms with Crippen LogP contribution in [0.5, 0.6) is 0 Å². The molecule has 196 valence electrons. The summed E-state index contributed by atoms with van der Waals surface area (Å²) in [4.78, 5) is 41.9. The van der Waals surface area contributed by atoms with E-state index in [2.05, 4.69) is 20.9 Å². The first-order valence-electron chi connectivity index (χ1n) is 13.2. The number of hydrogen-bond acceptors (Lipinski definition) is 6. The molecule has 0 radical (unpaired) electrons. The lowest BCUT2D eigenvalue weighted by Crippen LogP contribution is -2.52. The number of rotatable bonds is 5. The summed E-state index contributed by atoms with van der Waals surface area (Å²) < 4.78 is 2.03. The number of piperidine rings is 1. The van der Waals surface area contributed by atoms with Crippen LogP contribution in [0.2, 0.25) is 0 Å². The van der Waals surface area contributed by atoms with Crippen molar-refractivity contribution in [2.75, 3.05) is 18.0 Å². The van der Waals surface area contributed by atoms with E-state index in [1.165, 1.54) is 0 Å². The van der Waals surface area contributed by atoms with E-state index < -0.39 is 0 Å². The Morgan fingerprint density at radius 1 is 1.08 bits per heavy atom. The Morgan fingerprint density at radius 2 is 1.92 bits per heavy atom. The summed E-state index contributed by atoms with van der Waals surface area (Å²) in [6.07, 6.45) is 10.2. The quantitative estimate of drug-likeness (QED) is 0.503. The van der Waals surface area contributed by atoms with E-state index in [4.69, 9.17) is 0 Å². The smallest absolute Gasteiger partial charge is 0.224 e. The lowest BCUT2D eigenvalue weighted by molar-refractivity contribution is -0.133. The minimum absolute atomic E-state index is 0.0407. The molecule has 2 amide bonds. The molecule has 37 heavy (non-hydrogen) atoms. The largest absolute Gasteiger partial charge is 0.337 e. The van der Waals surface area contributed by atoms with Crippen LogP contribution >= 0.6 is 11.3 Å². The second kappa shape index (κ2) is 11.6. The fourth-order valence-corrected chi connectivity index (χ4v) is 6.46. The fourth-order valence-electron chi connectivity index (χ4n) is 5.83. The molecule has 2 aliphatic heterocycles. The molecule has 1 aromatic carbocycles. The Hall–Kier alpha value is -3.04. The molecule has 2 aromatic heterocycles. The van der Waals surface area contributed by atoms with E-state index in [0.29, 0.717) is 38.6 Å². The van der Waals surface area contributed by atoms with Gasteiger partial charge >= 0.3 is 0 Å². The summed E-state index contributed by atoms with van der Waals surface area (Å²) >= 11 is 1.68. The van der Waals surface area contributed by atoms with Crippen LogP contribution in [0, 0.1) is 6.92 Å². The molecule has 0 saturated carbocycles. The van der Waals surface area contributed by atoms with E-state index in [1.807, 2.05) is 57.3 Å². The molecule has 0 N–H and O–H groups in total. The van der Waals surface area contributed by atoms with E-state index in [0.717, 1.165) is 54.3 Å². The molecule has 1 saturated heterocycles. The topological polar surface area (TPSA) is 74.6 Å². The zero-order valence-corrected chi connectivity index (χ0v) is 22.6. The summed E-state index contributed by atoms with van der Waals surface area (Å²) in [6, 6.07) is 8.67. The number of carbonyl (C=O) groups is 2. The maximum absolute atomic E-state index is 13.7. The molecule has 4 heterocycles. The number of anilines is 1. The van der Waals surface area contributed by atoms with Crippen molar-refractivity contribution in [2.24, 2.45) is 0 Å². The molecular weight excluding hydrogens is 484 g/mol. The molecule has 2 atom stereocenters. The maximum Gasteiger partial charge on any atom is 0.224 e. The minimum atomic E-state index is 0.0407. The van der Waals surface area contributed by atoms with Crippen molar-refractivity contribution < 1.29 is 9.59 Å². The first-order chi connectivity index (χ1) is 18.0. The second-order valence-electron chi connectivity index (χ2n) is 10.1. The Kier molecular flexibility index (Phi) is 8.00. The van der Waals surface area contributed by atoms with Crippen LogP contribution in [0.25, 0.3) is 0 Å². The van der Waals surface area contributed by atoms with Gasteiger partial charge in [-0.1, -0.05) is 24.6 Å². The molecule has 2 bridgehead atoms. The van der Waals surface area contributed by atoms with Gasteiger partial charge in [0.05, 0.1) is 6.54 Å². The van der Waals surface area contributed by atoms with Gasteiger partial charge in [-0.05, 0) is 37.8 Å². The van der Waals surface area contributed by atoms with E-state index >= 15 is 0 Å². The first-order valence-corrected chi connectivity index (χ1v) is 14.1. The Bertz CT molecular complexity index is 1210. The number of aromatic nitrogens is 3. The van der Waals surface area contributed by atoms with Crippen molar-refractivity contribution in [1.82, 2.24) is 24.3 Å². The normalized spacial score (nSPS) is 20.8. The SMILES string of the molecule is CC(=O)N1CCC2CCCC(CN(C(=O)CCn3ccnc3C)Cc3ccccc31)N2Cc1nccs1. The minimum Gasteiger partial charge on any atom is -0.337 e. The highest BCUT2D eigenvalue weighted by Crippen LogP contribution is 2.32. The van der Waals surface area contributed by atoms with Gasteiger partial charge in [0.15, 0.2) is 0 Å². The standard InChI is InChI=1S/C28H36N6O2S/c1-21-29-12-16-31(21)14-11-28(36)32-18-23-6-3-4-9-26(23)33(22(2)35)15-10-24-7-5-8-25(19-32)34(24)20-27-30-13-17-37-27/h3-4,6,9,12-13,16-17,24-25H,5,7-8,10-11,14-15,18-20H2,1-2H3. The Labute approximate surface area is 222 Å². The molecule has 3 aromatic rings. The van der Waals surface area contributed by atoms with Crippen LogP contribution in [-0.4, -0.2) is 61.3 Å². The number of fused-ring (bicyclic) bond motifs is 3. The van der Waals surface area contributed by atoms with Crippen LogP contribution in [0.1, 0.15) is 55.4 Å². The lowest BCUT2D eigenvalue weighted by atomic mass is 9.92. The number of amides is 2. The van der Waals surface area contributed by atoms with Crippen LogP contribution in [0.15, 0.2) is 48.2 Å². The summed E-state index contributed by atoms with van der Waals surface area (Å²) in [6.45, 7) is 6.85. The molecule has 2 unspecified atom stereocenters. The van der Waals surface area contributed by atoms with Crippen molar-refractivity contribution in [1.29, 1.82) is 0 Å². The Morgan fingerprint density at radius 3 is 2.68 bits per heavy atom. The van der Waals surface area contributed by atoms with Crippen molar-refractivity contribution >= 4 is 28.8 Å². The number of thiazole rings is 1. The lowest BCUT2D eigenvalue weighted by Gasteiger charge is -2.43. The molecular formula is C28H36N6O2S. The number of imidazole rings is 1. The van der Waals surface area contributed by atoms with Crippen LogP contribution in [0.3, 0.4) is 0 Å². The second-order valence-corrected chi connectivity index (χ2v) is 11.1. The first kappa shape index (κ1) is 25.6. The Balaban J connectivity index is 1.47. The average molecular weight is 521 g/mol. The van der Waals surface area contributed by atoms with Crippen molar-refractivity contribution in [3.05, 3.63) is 64.6 Å². The number of para-hydroxylation sites is 1. The zero-order valence-electron chi connectivity index (χ0n) is 21.8. The predicted molar refractivity (Wildman–Crippen MR) is 145 cm³/mol. The van der Waals surface area contributed by atoms with Crippen molar-refractivity contribution in [3.8, 4) is 0 Å².